The van der Waals surface area contributed by atoms with Gasteiger partial charge in [0, 0.05) is 12.6 Å². The molecule has 0 aromatic heterocycles. The molecule has 2 rings (SSSR count). The van der Waals surface area contributed by atoms with E-state index in [1.54, 1.807) is 0 Å². The molecule has 19 heavy (non-hydrogen) atoms. The molecule has 1 heterocycles. The monoisotopic (exact) mass is 267 g/mol. The molecule has 112 valence electrons. The Bertz CT molecular complexity index is 278. The highest BCUT2D eigenvalue weighted by atomic mass is 16.5. The van der Waals surface area contributed by atoms with E-state index in [0.29, 0.717) is 23.0 Å². The maximum absolute atomic E-state index is 5.78. The Kier molecular flexibility index (Phi) is 4.62. The zero-order valence-electron chi connectivity index (χ0n) is 13.6. The van der Waals surface area contributed by atoms with Gasteiger partial charge < -0.3 is 10.1 Å². The topological polar surface area (TPSA) is 21.3 Å². The van der Waals surface area contributed by atoms with Gasteiger partial charge in [0.1, 0.15) is 0 Å². The second-order valence-electron chi connectivity index (χ2n) is 7.69. The molecular weight excluding hydrogens is 234 g/mol. The van der Waals surface area contributed by atoms with Crippen LogP contribution in [0, 0.1) is 16.7 Å². The minimum Gasteiger partial charge on any atom is -0.378 e. The van der Waals surface area contributed by atoms with Crippen molar-refractivity contribution in [3.63, 3.8) is 0 Å². The third-order valence-corrected chi connectivity index (χ3v) is 6.01. The summed E-state index contributed by atoms with van der Waals surface area (Å²) < 4.78 is 5.78. The van der Waals surface area contributed by atoms with Crippen LogP contribution in [0.15, 0.2) is 0 Å². The van der Waals surface area contributed by atoms with Gasteiger partial charge in [0.2, 0.25) is 0 Å². The van der Waals surface area contributed by atoms with Crippen molar-refractivity contribution in [2.45, 2.75) is 78.9 Å². The molecule has 1 saturated carbocycles. The van der Waals surface area contributed by atoms with Crippen LogP contribution in [0.25, 0.3) is 0 Å². The van der Waals surface area contributed by atoms with Gasteiger partial charge in [0.05, 0.1) is 6.10 Å². The Morgan fingerprint density at radius 3 is 2.37 bits per heavy atom. The highest BCUT2D eigenvalue weighted by molar-refractivity contribution is 5.16. The molecule has 1 aliphatic heterocycles. The van der Waals surface area contributed by atoms with E-state index in [4.69, 9.17) is 4.74 Å². The van der Waals surface area contributed by atoms with Crippen molar-refractivity contribution in [3.8, 4) is 0 Å². The Hall–Kier alpha value is -0.0800. The van der Waals surface area contributed by atoms with Crippen LogP contribution in [0.3, 0.4) is 0 Å². The molecule has 2 heteroatoms. The summed E-state index contributed by atoms with van der Waals surface area (Å²) >= 11 is 0. The van der Waals surface area contributed by atoms with E-state index >= 15 is 0 Å². The quantitative estimate of drug-likeness (QED) is 0.753. The average molecular weight is 267 g/mol. The minimum absolute atomic E-state index is 0.481. The van der Waals surface area contributed by atoms with E-state index < -0.39 is 0 Å². The van der Waals surface area contributed by atoms with Gasteiger partial charge in [-0.05, 0) is 55.4 Å². The first-order valence-corrected chi connectivity index (χ1v) is 8.26. The van der Waals surface area contributed by atoms with Gasteiger partial charge in [-0.3, -0.25) is 0 Å². The third-order valence-electron chi connectivity index (χ3n) is 6.01. The Labute approximate surface area is 119 Å². The summed E-state index contributed by atoms with van der Waals surface area (Å²) in [6, 6.07) is 0.675. The smallest absolute Gasteiger partial charge is 0.0576 e. The highest BCUT2D eigenvalue weighted by Crippen LogP contribution is 2.70. The molecule has 2 unspecified atom stereocenters. The molecule has 2 atom stereocenters. The van der Waals surface area contributed by atoms with Crippen molar-refractivity contribution in [1.29, 1.82) is 0 Å². The fourth-order valence-electron chi connectivity index (χ4n) is 4.21. The largest absolute Gasteiger partial charge is 0.378 e. The molecule has 0 radical (unpaired) electrons. The van der Waals surface area contributed by atoms with Gasteiger partial charge in [-0.1, -0.05) is 34.6 Å². The first-order valence-electron chi connectivity index (χ1n) is 8.26. The molecule has 0 bridgehead atoms. The van der Waals surface area contributed by atoms with Crippen molar-refractivity contribution >= 4 is 0 Å². The molecule has 2 nitrogen and oxygen atoms in total. The van der Waals surface area contributed by atoms with Crippen molar-refractivity contribution in [3.05, 3.63) is 0 Å². The van der Waals surface area contributed by atoms with Crippen molar-refractivity contribution in [2.75, 3.05) is 13.2 Å². The number of nitrogens with one attached hydrogen (secondary N) is 1. The van der Waals surface area contributed by atoms with Gasteiger partial charge in [-0.25, -0.2) is 0 Å². The maximum atomic E-state index is 5.78. The Morgan fingerprint density at radius 2 is 1.89 bits per heavy atom. The standard InChI is InChI=1S/C17H33NO/c1-6-11-18-14(10-9-13-8-7-12-19-13)15-16(2,3)17(15,4)5/h13-15,18H,6-12H2,1-5H3. The van der Waals surface area contributed by atoms with Crippen LogP contribution < -0.4 is 5.32 Å². The highest BCUT2D eigenvalue weighted by Gasteiger charge is 2.66. The van der Waals surface area contributed by atoms with Gasteiger partial charge >= 0.3 is 0 Å². The van der Waals surface area contributed by atoms with Crippen LogP contribution in [0.4, 0.5) is 0 Å². The lowest BCUT2D eigenvalue weighted by atomic mass is 9.97. The van der Waals surface area contributed by atoms with Gasteiger partial charge in [-0.15, -0.1) is 0 Å². The van der Waals surface area contributed by atoms with Crippen LogP contribution in [0.5, 0.6) is 0 Å². The first-order chi connectivity index (χ1) is 8.91. The van der Waals surface area contributed by atoms with Crippen LogP contribution >= 0.6 is 0 Å². The molecule has 1 N–H and O–H groups in total. The molecular formula is C17H33NO. The van der Waals surface area contributed by atoms with Crippen LogP contribution in [0.2, 0.25) is 0 Å². The molecule has 0 amide bonds. The molecule has 0 aromatic carbocycles. The lowest BCUT2D eigenvalue weighted by Gasteiger charge is -2.22. The fraction of sp³-hybridized carbons (Fsp3) is 1.00. The predicted octanol–water partition coefficient (Wildman–Crippen LogP) is 4.00. The normalized spacial score (nSPS) is 30.5. The lowest BCUT2D eigenvalue weighted by molar-refractivity contribution is 0.0980. The van der Waals surface area contributed by atoms with Crippen molar-refractivity contribution in [1.82, 2.24) is 5.32 Å². The summed E-state index contributed by atoms with van der Waals surface area (Å²) in [7, 11) is 0. The number of hydrogen-bond donors (Lipinski definition) is 1. The summed E-state index contributed by atoms with van der Waals surface area (Å²) in [5, 5.41) is 3.81. The summed E-state index contributed by atoms with van der Waals surface area (Å²) in [5.41, 5.74) is 0.962. The predicted molar refractivity (Wildman–Crippen MR) is 81.3 cm³/mol. The fourth-order valence-corrected chi connectivity index (χ4v) is 4.21. The van der Waals surface area contributed by atoms with E-state index in [0.717, 1.165) is 19.1 Å². The van der Waals surface area contributed by atoms with Crippen molar-refractivity contribution in [2.24, 2.45) is 16.7 Å². The van der Waals surface area contributed by atoms with E-state index in [1.165, 1.54) is 32.1 Å². The van der Waals surface area contributed by atoms with Crippen LogP contribution in [-0.2, 0) is 4.74 Å². The average Bonchev–Trinajstić information content (AvgIpc) is 2.77. The second-order valence-corrected chi connectivity index (χ2v) is 7.69. The SMILES string of the molecule is CCCNC(CCC1CCCO1)C1C(C)(C)C1(C)C. The number of ether oxygens (including phenoxy) is 1. The van der Waals surface area contributed by atoms with Gasteiger partial charge in [0.15, 0.2) is 0 Å². The lowest BCUT2D eigenvalue weighted by Crippen LogP contribution is -2.34. The summed E-state index contributed by atoms with van der Waals surface area (Å²) in [6.07, 6.45) is 6.82. The van der Waals surface area contributed by atoms with Crippen molar-refractivity contribution < 1.29 is 4.74 Å². The minimum atomic E-state index is 0.481. The molecule has 1 saturated heterocycles. The van der Waals surface area contributed by atoms with E-state index in [2.05, 4.69) is 39.9 Å². The zero-order valence-corrected chi connectivity index (χ0v) is 13.6. The number of rotatable bonds is 7. The van der Waals surface area contributed by atoms with E-state index in [1.807, 2.05) is 0 Å². The summed E-state index contributed by atoms with van der Waals surface area (Å²) in [4.78, 5) is 0. The van der Waals surface area contributed by atoms with E-state index in [9.17, 15) is 0 Å². The Balaban J connectivity index is 1.89. The zero-order chi connectivity index (χ0) is 14.1. The van der Waals surface area contributed by atoms with Gasteiger partial charge in [-0.2, -0.15) is 0 Å². The molecule has 2 aliphatic rings. The first kappa shape index (κ1) is 15.3. The Morgan fingerprint density at radius 1 is 1.21 bits per heavy atom. The molecule has 0 spiro atoms. The van der Waals surface area contributed by atoms with E-state index in [-0.39, 0.29) is 0 Å². The molecule has 2 fully saturated rings. The second kappa shape index (κ2) is 5.73. The van der Waals surface area contributed by atoms with Gasteiger partial charge in [0.25, 0.3) is 0 Å². The van der Waals surface area contributed by atoms with Crippen LogP contribution in [-0.4, -0.2) is 25.3 Å². The van der Waals surface area contributed by atoms with Crippen LogP contribution in [0.1, 0.15) is 66.7 Å². The maximum Gasteiger partial charge on any atom is 0.0576 e. The number of hydrogen-bond acceptors (Lipinski definition) is 2. The summed E-state index contributed by atoms with van der Waals surface area (Å²) in [6.45, 7) is 14.1. The summed E-state index contributed by atoms with van der Waals surface area (Å²) in [5.74, 6) is 0.813. The molecule has 1 aliphatic carbocycles. The third kappa shape index (κ3) is 3.00. The molecule has 0 aromatic rings.